The highest BCUT2D eigenvalue weighted by molar-refractivity contribution is 5.19. The number of aromatic nitrogens is 1. The maximum atomic E-state index is 5.16. The standard InChI is InChI=1S/C12H20N2O/c1-4-11-6-5-7-14-12(11)9-13-8-10(2)15-3/h5-7,10,13H,4,8-9H2,1-3H3. The molecule has 15 heavy (non-hydrogen) atoms. The molecule has 0 aromatic carbocycles. The molecule has 0 aliphatic heterocycles. The van der Waals surface area contributed by atoms with Crippen LogP contribution in [-0.4, -0.2) is 24.7 Å². The molecule has 1 unspecified atom stereocenters. The molecule has 3 nitrogen and oxygen atoms in total. The third-order valence-corrected chi connectivity index (χ3v) is 2.49. The van der Waals surface area contributed by atoms with Crippen LogP contribution in [0.15, 0.2) is 18.3 Å². The normalized spacial score (nSPS) is 12.7. The Morgan fingerprint density at radius 2 is 2.33 bits per heavy atom. The van der Waals surface area contributed by atoms with E-state index in [4.69, 9.17) is 4.74 Å². The van der Waals surface area contributed by atoms with Gasteiger partial charge in [-0.25, -0.2) is 0 Å². The number of nitrogens with zero attached hydrogens (tertiary/aromatic N) is 1. The molecule has 1 aromatic rings. The number of ether oxygens (including phenoxy) is 1. The van der Waals surface area contributed by atoms with Crippen molar-refractivity contribution in [3.63, 3.8) is 0 Å². The molecule has 0 spiro atoms. The van der Waals surface area contributed by atoms with Crippen molar-refractivity contribution in [2.45, 2.75) is 32.9 Å². The summed E-state index contributed by atoms with van der Waals surface area (Å²) in [5, 5.41) is 3.34. The van der Waals surface area contributed by atoms with Crippen LogP contribution >= 0.6 is 0 Å². The SMILES string of the molecule is CCc1cccnc1CNCC(C)OC. The molecule has 1 heterocycles. The maximum Gasteiger partial charge on any atom is 0.0667 e. The van der Waals surface area contributed by atoms with Crippen molar-refractivity contribution >= 4 is 0 Å². The predicted octanol–water partition coefficient (Wildman–Crippen LogP) is 1.77. The first kappa shape index (κ1) is 12.1. The minimum absolute atomic E-state index is 0.249. The summed E-state index contributed by atoms with van der Waals surface area (Å²) in [6.07, 6.45) is 3.12. The zero-order valence-electron chi connectivity index (χ0n) is 9.79. The topological polar surface area (TPSA) is 34.2 Å². The number of rotatable bonds is 6. The molecule has 0 aliphatic rings. The largest absolute Gasteiger partial charge is 0.380 e. The van der Waals surface area contributed by atoms with E-state index >= 15 is 0 Å². The summed E-state index contributed by atoms with van der Waals surface area (Å²) in [7, 11) is 1.73. The fraction of sp³-hybridized carbons (Fsp3) is 0.583. The molecule has 1 rings (SSSR count). The summed E-state index contributed by atoms with van der Waals surface area (Å²) in [5.74, 6) is 0. The average molecular weight is 208 g/mol. The molecule has 0 radical (unpaired) electrons. The van der Waals surface area contributed by atoms with Gasteiger partial charge >= 0.3 is 0 Å². The maximum absolute atomic E-state index is 5.16. The monoisotopic (exact) mass is 208 g/mol. The van der Waals surface area contributed by atoms with E-state index in [1.54, 1.807) is 7.11 Å². The Hall–Kier alpha value is -0.930. The van der Waals surface area contributed by atoms with Crippen LogP contribution in [0.1, 0.15) is 25.1 Å². The Balaban J connectivity index is 2.43. The first-order chi connectivity index (χ1) is 7.27. The van der Waals surface area contributed by atoms with Gasteiger partial charge in [-0.05, 0) is 25.0 Å². The van der Waals surface area contributed by atoms with Crippen LogP contribution < -0.4 is 5.32 Å². The van der Waals surface area contributed by atoms with Crippen LogP contribution in [0.25, 0.3) is 0 Å². The van der Waals surface area contributed by atoms with Crippen LogP contribution in [0.5, 0.6) is 0 Å². The van der Waals surface area contributed by atoms with Gasteiger partial charge in [0.1, 0.15) is 0 Å². The van der Waals surface area contributed by atoms with Crippen LogP contribution in [0.3, 0.4) is 0 Å². The summed E-state index contributed by atoms with van der Waals surface area (Å²) in [6, 6.07) is 4.11. The number of hydrogen-bond donors (Lipinski definition) is 1. The lowest BCUT2D eigenvalue weighted by Crippen LogP contribution is -2.26. The van der Waals surface area contributed by atoms with Gasteiger partial charge in [-0.2, -0.15) is 0 Å². The summed E-state index contributed by atoms with van der Waals surface area (Å²) in [5.41, 5.74) is 2.46. The molecule has 0 bridgehead atoms. The third-order valence-electron chi connectivity index (χ3n) is 2.49. The Morgan fingerprint density at radius 1 is 1.53 bits per heavy atom. The fourth-order valence-electron chi connectivity index (χ4n) is 1.43. The van der Waals surface area contributed by atoms with Crippen LogP contribution in [0.4, 0.5) is 0 Å². The van der Waals surface area contributed by atoms with Crippen molar-refractivity contribution in [3.05, 3.63) is 29.6 Å². The minimum Gasteiger partial charge on any atom is -0.380 e. The van der Waals surface area contributed by atoms with Crippen molar-refractivity contribution in [2.75, 3.05) is 13.7 Å². The molecule has 1 atom stereocenters. The molecule has 3 heteroatoms. The second-order valence-corrected chi connectivity index (χ2v) is 3.64. The molecule has 84 valence electrons. The van der Waals surface area contributed by atoms with Crippen molar-refractivity contribution in [3.8, 4) is 0 Å². The van der Waals surface area contributed by atoms with Gasteiger partial charge in [-0.3, -0.25) is 4.98 Å². The average Bonchev–Trinajstić information content (AvgIpc) is 2.29. The molecule has 1 aromatic heterocycles. The number of nitrogens with one attached hydrogen (secondary N) is 1. The van der Waals surface area contributed by atoms with Crippen LogP contribution in [0.2, 0.25) is 0 Å². The van der Waals surface area contributed by atoms with Crippen molar-refractivity contribution in [1.29, 1.82) is 0 Å². The molecule has 0 fully saturated rings. The van der Waals surface area contributed by atoms with Gasteiger partial charge in [0.15, 0.2) is 0 Å². The van der Waals surface area contributed by atoms with E-state index in [0.717, 1.165) is 25.2 Å². The second-order valence-electron chi connectivity index (χ2n) is 3.64. The van der Waals surface area contributed by atoms with E-state index in [1.165, 1.54) is 5.56 Å². The van der Waals surface area contributed by atoms with Crippen LogP contribution in [0, 0.1) is 0 Å². The van der Waals surface area contributed by atoms with Gasteiger partial charge < -0.3 is 10.1 Å². The Labute approximate surface area is 91.9 Å². The van der Waals surface area contributed by atoms with E-state index in [2.05, 4.69) is 23.3 Å². The van der Waals surface area contributed by atoms with Crippen LogP contribution in [-0.2, 0) is 17.7 Å². The Bertz CT molecular complexity index is 289. The van der Waals surface area contributed by atoms with Gasteiger partial charge in [0.05, 0.1) is 11.8 Å². The van der Waals surface area contributed by atoms with Gasteiger partial charge in [-0.1, -0.05) is 13.0 Å². The minimum atomic E-state index is 0.249. The lowest BCUT2D eigenvalue weighted by molar-refractivity contribution is 0.117. The summed E-state index contributed by atoms with van der Waals surface area (Å²) in [6.45, 7) is 5.87. The third kappa shape index (κ3) is 3.98. The first-order valence-electron chi connectivity index (χ1n) is 5.44. The summed E-state index contributed by atoms with van der Waals surface area (Å²) in [4.78, 5) is 4.37. The Kier molecular flexibility index (Phi) is 5.29. The van der Waals surface area contributed by atoms with E-state index in [1.807, 2.05) is 19.2 Å². The number of hydrogen-bond acceptors (Lipinski definition) is 3. The Morgan fingerprint density at radius 3 is 3.00 bits per heavy atom. The fourth-order valence-corrected chi connectivity index (χ4v) is 1.43. The predicted molar refractivity (Wildman–Crippen MR) is 61.8 cm³/mol. The summed E-state index contributed by atoms with van der Waals surface area (Å²) < 4.78 is 5.16. The van der Waals surface area contributed by atoms with Crippen molar-refractivity contribution in [1.82, 2.24) is 10.3 Å². The molecule has 1 N–H and O–H groups in total. The zero-order valence-corrected chi connectivity index (χ0v) is 9.79. The number of methoxy groups -OCH3 is 1. The lowest BCUT2D eigenvalue weighted by Gasteiger charge is -2.11. The van der Waals surface area contributed by atoms with Gasteiger partial charge in [0.2, 0.25) is 0 Å². The molecular formula is C12H20N2O. The number of pyridine rings is 1. The molecule has 0 saturated carbocycles. The van der Waals surface area contributed by atoms with Gasteiger partial charge in [-0.15, -0.1) is 0 Å². The molecule has 0 amide bonds. The second kappa shape index (κ2) is 6.53. The van der Waals surface area contributed by atoms with Gasteiger partial charge in [0.25, 0.3) is 0 Å². The van der Waals surface area contributed by atoms with Crippen molar-refractivity contribution < 1.29 is 4.74 Å². The highest BCUT2D eigenvalue weighted by Gasteiger charge is 2.02. The van der Waals surface area contributed by atoms with E-state index in [9.17, 15) is 0 Å². The van der Waals surface area contributed by atoms with E-state index in [0.29, 0.717) is 0 Å². The van der Waals surface area contributed by atoms with E-state index in [-0.39, 0.29) is 6.10 Å². The highest BCUT2D eigenvalue weighted by Crippen LogP contribution is 2.05. The molecule has 0 aliphatic carbocycles. The number of aryl methyl sites for hydroxylation is 1. The zero-order chi connectivity index (χ0) is 11.1. The smallest absolute Gasteiger partial charge is 0.0667 e. The lowest BCUT2D eigenvalue weighted by atomic mass is 10.1. The quantitative estimate of drug-likeness (QED) is 0.773. The van der Waals surface area contributed by atoms with Gasteiger partial charge in [0, 0.05) is 26.4 Å². The molecular weight excluding hydrogens is 188 g/mol. The van der Waals surface area contributed by atoms with E-state index < -0.39 is 0 Å². The van der Waals surface area contributed by atoms with Crippen molar-refractivity contribution in [2.24, 2.45) is 0 Å². The first-order valence-corrected chi connectivity index (χ1v) is 5.44. The highest BCUT2D eigenvalue weighted by atomic mass is 16.5. The summed E-state index contributed by atoms with van der Waals surface area (Å²) >= 11 is 0. The molecule has 0 saturated heterocycles.